The highest BCUT2D eigenvalue weighted by atomic mass is 32.2. The summed E-state index contributed by atoms with van der Waals surface area (Å²) in [6.07, 6.45) is 0.989. The first kappa shape index (κ1) is 11.4. The monoisotopic (exact) mass is 234 g/mol. The maximum absolute atomic E-state index is 11.2. The largest absolute Gasteiger partial charge is 0.464 e. The highest BCUT2D eigenvalue weighted by Crippen LogP contribution is 2.16. The molecule has 0 amide bonds. The normalized spacial score (nSPS) is 11.1. The van der Waals surface area contributed by atoms with Crippen molar-refractivity contribution in [3.8, 4) is 0 Å². The van der Waals surface area contributed by atoms with Crippen LogP contribution in [0.25, 0.3) is 0 Å². The van der Waals surface area contributed by atoms with E-state index in [0.717, 1.165) is 10.6 Å². The first-order chi connectivity index (χ1) is 6.88. The number of aromatic nitrogens is 3. The molecular formula is C6H10N4O4S. The van der Waals surface area contributed by atoms with Gasteiger partial charge in [0, 0.05) is 7.05 Å². The third-order valence-electron chi connectivity index (χ3n) is 1.70. The average molecular weight is 234 g/mol. The van der Waals surface area contributed by atoms with Crippen molar-refractivity contribution in [2.45, 2.75) is 0 Å². The lowest BCUT2D eigenvalue weighted by Crippen LogP contribution is -2.27. The second-order valence-electron chi connectivity index (χ2n) is 2.72. The fourth-order valence-corrected chi connectivity index (χ4v) is 1.28. The molecule has 0 aromatic carbocycles. The van der Waals surface area contributed by atoms with Gasteiger partial charge in [0.25, 0.3) is 0 Å². The Balaban J connectivity index is 3.17. The summed E-state index contributed by atoms with van der Waals surface area (Å²) in [6, 6.07) is 0. The quantitative estimate of drug-likeness (QED) is 0.671. The lowest BCUT2D eigenvalue weighted by atomic mass is 10.4. The number of carbonyl (C=O) groups is 1. The Morgan fingerprint density at radius 2 is 2.07 bits per heavy atom. The number of nitrogens with zero attached hydrogens (tertiary/aromatic N) is 3. The molecule has 84 valence electrons. The fraction of sp³-hybridized carbons (Fsp3) is 0.500. The highest BCUT2D eigenvalue weighted by molar-refractivity contribution is 7.92. The Morgan fingerprint density at radius 1 is 1.47 bits per heavy atom. The molecule has 1 heterocycles. The van der Waals surface area contributed by atoms with Crippen LogP contribution < -0.4 is 4.31 Å². The van der Waals surface area contributed by atoms with Gasteiger partial charge < -0.3 is 4.74 Å². The van der Waals surface area contributed by atoms with Crippen molar-refractivity contribution in [3.05, 3.63) is 5.69 Å². The molecule has 1 rings (SSSR count). The van der Waals surface area contributed by atoms with Gasteiger partial charge in [0.1, 0.15) is 0 Å². The van der Waals surface area contributed by atoms with E-state index in [-0.39, 0.29) is 11.5 Å². The van der Waals surface area contributed by atoms with Crippen molar-refractivity contribution < 1.29 is 17.9 Å². The van der Waals surface area contributed by atoms with E-state index in [1.54, 1.807) is 0 Å². The summed E-state index contributed by atoms with van der Waals surface area (Å²) in [4.78, 5) is 11.2. The molecule has 8 nitrogen and oxygen atoms in total. The van der Waals surface area contributed by atoms with Crippen LogP contribution in [0.2, 0.25) is 0 Å². The molecule has 0 saturated heterocycles. The molecule has 1 aromatic heterocycles. The maximum Gasteiger partial charge on any atom is 0.362 e. The molecular weight excluding hydrogens is 224 g/mol. The molecule has 0 spiro atoms. The topological polar surface area (TPSA) is 105 Å². The number of rotatable bonds is 3. The third kappa shape index (κ3) is 2.24. The van der Waals surface area contributed by atoms with Crippen molar-refractivity contribution >= 4 is 21.8 Å². The first-order valence-electron chi connectivity index (χ1n) is 3.81. The lowest BCUT2D eigenvalue weighted by molar-refractivity contribution is 0.0595. The van der Waals surface area contributed by atoms with Crippen LogP contribution in [-0.2, 0) is 14.8 Å². The van der Waals surface area contributed by atoms with E-state index in [2.05, 4.69) is 20.1 Å². The molecule has 0 radical (unpaired) electrons. The lowest BCUT2D eigenvalue weighted by Gasteiger charge is -2.13. The van der Waals surface area contributed by atoms with Gasteiger partial charge in [-0.25, -0.2) is 13.2 Å². The van der Waals surface area contributed by atoms with Crippen LogP contribution in [0.15, 0.2) is 0 Å². The molecule has 0 bridgehead atoms. The van der Waals surface area contributed by atoms with E-state index in [4.69, 9.17) is 0 Å². The van der Waals surface area contributed by atoms with Crippen LogP contribution in [-0.4, -0.2) is 50.2 Å². The number of nitrogens with one attached hydrogen (secondary N) is 1. The molecule has 1 aromatic rings. The van der Waals surface area contributed by atoms with Crippen LogP contribution in [0.5, 0.6) is 0 Å². The fourth-order valence-electron chi connectivity index (χ4n) is 0.836. The summed E-state index contributed by atoms with van der Waals surface area (Å²) in [6.45, 7) is 0. The molecule has 0 unspecified atom stereocenters. The van der Waals surface area contributed by atoms with Crippen molar-refractivity contribution in [1.82, 2.24) is 15.4 Å². The number of hydrogen-bond donors (Lipinski definition) is 1. The van der Waals surface area contributed by atoms with E-state index < -0.39 is 16.0 Å². The zero-order valence-electron chi connectivity index (χ0n) is 8.38. The minimum Gasteiger partial charge on any atom is -0.464 e. The van der Waals surface area contributed by atoms with E-state index >= 15 is 0 Å². The molecule has 9 heteroatoms. The van der Waals surface area contributed by atoms with Crippen LogP contribution in [0.4, 0.5) is 5.82 Å². The third-order valence-corrected chi connectivity index (χ3v) is 2.87. The van der Waals surface area contributed by atoms with Crippen LogP contribution in [0.3, 0.4) is 0 Å². The van der Waals surface area contributed by atoms with E-state index in [0.29, 0.717) is 0 Å². The smallest absolute Gasteiger partial charge is 0.362 e. The number of sulfonamides is 1. The molecule has 0 atom stereocenters. The number of esters is 1. The minimum atomic E-state index is -3.49. The van der Waals surface area contributed by atoms with Gasteiger partial charge in [0.05, 0.1) is 13.4 Å². The second kappa shape index (κ2) is 3.85. The second-order valence-corrected chi connectivity index (χ2v) is 4.73. The van der Waals surface area contributed by atoms with Crippen LogP contribution >= 0.6 is 0 Å². The van der Waals surface area contributed by atoms with E-state index in [1.165, 1.54) is 14.2 Å². The van der Waals surface area contributed by atoms with Gasteiger partial charge >= 0.3 is 5.97 Å². The number of methoxy groups -OCH3 is 1. The average Bonchev–Trinajstić information content (AvgIpc) is 2.62. The zero-order chi connectivity index (χ0) is 11.6. The molecule has 15 heavy (non-hydrogen) atoms. The summed E-state index contributed by atoms with van der Waals surface area (Å²) in [5.74, 6) is -0.849. The number of hydrogen-bond acceptors (Lipinski definition) is 6. The number of anilines is 1. The predicted molar refractivity (Wildman–Crippen MR) is 51.0 cm³/mol. The van der Waals surface area contributed by atoms with E-state index in [9.17, 15) is 13.2 Å². The Hall–Kier alpha value is -1.64. The molecule has 0 fully saturated rings. The zero-order valence-corrected chi connectivity index (χ0v) is 9.20. The standard InChI is InChI=1S/C6H10N4O4S/c1-10(15(3,12)13)5-4(6(11)14-2)7-9-8-5/h1-3H3,(H,7,8,9). The number of aromatic amines is 1. The molecule has 0 aliphatic heterocycles. The minimum absolute atomic E-state index is 0.0932. The number of carbonyl (C=O) groups excluding carboxylic acids is 1. The first-order valence-corrected chi connectivity index (χ1v) is 5.65. The Morgan fingerprint density at radius 3 is 2.53 bits per heavy atom. The molecule has 0 aliphatic rings. The summed E-state index contributed by atoms with van der Waals surface area (Å²) in [5, 5.41) is 9.23. The van der Waals surface area contributed by atoms with Gasteiger partial charge in [-0.15, -0.1) is 10.2 Å². The summed E-state index contributed by atoms with van der Waals surface area (Å²) in [5.41, 5.74) is -0.176. The van der Waals surface area contributed by atoms with Crippen LogP contribution in [0, 0.1) is 0 Å². The summed E-state index contributed by atoms with van der Waals surface area (Å²) < 4.78 is 27.6. The summed E-state index contributed by atoms with van der Waals surface area (Å²) >= 11 is 0. The van der Waals surface area contributed by atoms with Gasteiger partial charge in [0.15, 0.2) is 5.82 Å². The highest BCUT2D eigenvalue weighted by Gasteiger charge is 2.24. The van der Waals surface area contributed by atoms with Crippen molar-refractivity contribution in [2.24, 2.45) is 0 Å². The van der Waals surface area contributed by atoms with Gasteiger partial charge in [-0.1, -0.05) is 0 Å². The maximum atomic E-state index is 11.2. The molecule has 1 N–H and O–H groups in total. The Labute approximate surface area is 86.3 Å². The number of H-pyrrole nitrogens is 1. The van der Waals surface area contributed by atoms with Crippen LogP contribution in [0.1, 0.15) is 10.5 Å². The van der Waals surface area contributed by atoms with Gasteiger partial charge in [-0.3, -0.25) is 4.31 Å². The van der Waals surface area contributed by atoms with Crippen molar-refractivity contribution in [1.29, 1.82) is 0 Å². The van der Waals surface area contributed by atoms with Crippen molar-refractivity contribution in [2.75, 3.05) is 24.7 Å². The predicted octanol–water partition coefficient (Wildman–Crippen LogP) is -1.01. The Kier molecular flexibility index (Phi) is 2.93. The van der Waals surface area contributed by atoms with Gasteiger partial charge in [0.2, 0.25) is 15.7 Å². The van der Waals surface area contributed by atoms with Gasteiger partial charge in [-0.2, -0.15) is 5.21 Å². The van der Waals surface area contributed by atoms with Crippen molar-refractivity contribution in [3.63, 3.8) is 0 Å². The SMILES string of the molecule is COC(=O)c1n[nH]nc1N(C)S(C)(=O)=O. The van der Waals surface area contributed by atoms with E-state index in [1.807, 2.05) is 0 Å². The summed E-state index contributed by atoms with van der Waals surface area (Å²) in [7, 11) is -1.06. The van der Waals surface area contributed by atoms with Gasteiger partial charge in [-0.05, 0) is 0 Å². The molecule has 0 aliphatic carbocycles. The Bertz CT molecular complexity index is 465. The number of ether oxygens (including phenoxy) is 1. The molecule has 0 saturated carbocycles.